The molecule has 2 aromatic heterocycles. The number of hydrogen-bond acceptors (Lipinski definition) is 3. The van der Waals surface area contributed by atoms with E-state index >= 15 is 0 Å². The van der Waals surface area contributed by atoms with Crippen molar-refractivity contribution >= 4 is 21.8 Å². The minimum Gasteiger partial charge on any atom is -0.457 e. The average molecular weight is 667 g/mol. The molecule has 0 unspecified atom stereocenters. The van der Waals surface area contributed by atoms with Gasteiger partial charge < -0.3 is 14.0 Å². The highest BCUT2D eigenvalue weighted by atomic mass is 16.5. The van der Waals surface area contributed by atoms with E-state index in [1.807, 2.05) is 36.5 Å². The van der Waals surface area contributed by atoms with Crippen molar-refractivity contribution in [2.24, 2.45) is 0 Å². The van der Waals surface area contributed by atoms with E-state index in [-0.39, 0.29) is 0 Å². The van der Waals surface area contributed by atoms with Crippen molar-refractivity contribution in [2.75, 3.05) is 0 Å². The topological polar surface area (TPSA) is 36.3 Å². The van der Waals surface area contributed by atoms with Crippen LogP contribution in [0.25, 0.3) is 49.9 Å². The van der Waals surface area contributed by atoms with Crippen LogP contribution >= 0.6 is 0 Å². The number of benzene rings is 7. The SMILES string of the molecule is c1ccc(-n2c3ccccc3c3ccc(-c4ccc5c(c4)Oc4cc(-c6ccccn6)ccc4C54c5ccccc5Oc5ccccc54)cc32)cc1. The van der Waals surface area contributed by atoms with Crippen molar-refractivity contribution < 1.29 is 9.47 Å². The molecule has 244 valence electrons. The number of para-hydroxylation sites is 4. The van der Waals surface area contributed by atoms with Crippen molar-refractivity contribution in [1.82, 2.24) is 9.55 Å². The zero-order chi connectivity index (χ0) is 34.2. The number of rotatable bonds is 3. The summed E-state index contributed by atoms with van der Waals surface area (Å²) in [5, 5.41) is 2.46. The summed E-state index contributed by atoms with van der Waals surface area (Å²) in [6.45, 7) is 0. The molecule has 0 aliphatic carbocycles. The zero-order valence-electron chi connectivity index (χ0n) is 28.0. The Morgan fingerprint density at radius 1 is 0.404 bits per heavy atom. The third kappa shape index (κ3) is 4.06. The van der Waals surface area contributed by atoms with E-state index in [1.54, 1.807) is 0 Å². The first-order chi connectivity index (χ1) is 25.8. The highest BCUT2D eigenvalue weighted by Crippen LogP contribution is 2.62. The van der Waals surface area contributed by atoms with Gasteiger partial charge in [-0.2, -0.15) is 0 Å². The Hall–Kier alpha value is -6.91. The minimum absolute atomic E-state index is 0.667. The molecule has 52 heavy (non-hydrogen) atoms. The van der Waals surface area contributed by atoms with Crippen molar-refractivity contribution in [3.8, 4) is 51.1 Å². The summed E-state index contributed by atoms with van der Waals surface area (Å²) in [4.78, 5) is 4.66. The van der Waals surface area contributed by atoms with Gasteiger partial charge in [-0.1, -0.05) is 115 Å². The molecule has 4 nitrogen and oxygen atoms in total. The molecule has 0 saturated carbocycles. The van der Waals surface area contributed by atoms with Crippen LogP contribution in [0.5, 0.6) is 23.0 Å². The normalized spacial score (nSPS) is 13.5. The van der Waals surface area contributed by atoms with Crippen LogP contribution in [0, 0.1) is 0 Å². The molecule has 0 N–H and O–H groups in total. The van der Waals surface area contributed by atoms with Gasteiger partial charge in [0.05, 0.1) is 22.1 Å². The maximum atomic E-state index is 7.01. The lowest BCUT2D eigenvalue weighted by molar-refractivity contribution is 0.399. The molecule has 4 heterocycles. The van der Waals surface area contributed by atoms with Gasteiger partial charge in [0.2, 0.25) is 0 Å². The van der Waals surface area contributed by atoms with Crippen LogP contribution in [-0.2, 0) is 5.41 Å². The standard InChI is InChI=1S/C48H30N2O2/c1-2-12-34(13-3-1)50-42-18-7-4-14-35(42)36-24-21-31(28-43(36)50)32-22-25-39-46(29-32)52-47-30-33(41-17-10-11-27-49-41)23-26-40(47)48(39)37-15-5-8-19-44(37)51-45-20-9-6-16-38(45)48/h1-30H. The quantitative estimate of drug-likeness (QED) is 0.188. The van der Waals surface area contributed by atoms with Gasteiger partial charge in [0.15, 0.2) is 0 Å². The molecule has 9 aromatic rings. The fraction of sp³-hybridized carbons (Fsp3) is 0.0208. The molecule has 0 amide bonds. The van der Waals surface area contributed by atoms with E-state index in [1.165, 1.54) is 16.3 Å². The number of hydrogen-bond donors (Lipinski definition) is 0. The second-order valence-corrected chi connectivity index (χ2v) is 13.5. The summed E-state index contributed by atoms with van der Waals surface area (Å²) < 4.78 is 16.0. The lowest BCUT2D eigenvalue weighted by Crippen LogP contribution is -2.36. The predicted molar refractivity (Wildman–Crippen MR) is 208 cm³/mol. The zero-order valence-corrected chi connectivity index (χ0v) is 28.0. The molecule has 0 bridgehead atoms. The van der Waals surface area contributed by atoms with Crippen molar-refractivity contribution in [2.45, 2.75) is 5.41 Å². The van der Waals surface area contributed by atoms with Crippen LogP contribution < -0.4 is 9.47 Å². The van der Waals surface area contributed by atoms with E-state index in [0.29, 0.717) is 0 Å². The summed E-state index contributed by atoms with van der Waals surface area (Å²) in [5.41, 5.74) is 11.3. The predicted octanol–water partition coefficient (Wildman–Crippen LogP) is 12.1. The second-order valence-electron chi connectivity index (χ2n) is 13.5. The number of pyridine rings is 1. The minimum atomic E-state index is -0.667. The fourth-order valence-corrected chi connectivity index (χ4v) is 8.55. The van der Waals surface area contributed by atoms with Crippen LogP contribution in [-0.4, -0.2) is 9.55 Å². The van der Waals surface area contributed by atoms with E-state index in [9.17, 15) is 0 Å². The Balaban J connectivity index is 1.16. The Morgan fingerprint density at radius 2 is 0.962 bits per heavy atom. The van der Waals surface area contributed by atoms with Gasteiger partial charge in [-0.3, -0.25) is 4.98 Å². The highest BCUT2D eigenvalue weighted by molar-refractivity contribution is 6.10. The molecule has 2 aliphatic heterocycles. The fourth-order valence-electron chi connectivity index (χ4n) is 8.55. The van der Waals surface area contributed by atoms with E-state index in [2.05, 4.69) is 155 Å². The smallest absolute Gasteiger partial charge is 0.132 e. The van der Waals surface area contributed by atoms with Crippen molar-refractivity contribution in [3.05, 3.63) is 204 Å². The molecule has 0 saturated heterocycles. The van der Waals surface area contributed by atoms with Gasteiger partial charge in [-0.15, -0.1) is 0 Å². The van der Waals surface area contributed by atoms with Gasteiger partial charge in [0.1, 0.15) is 23.0 Å². The summed E-state index contributed by atoms with van der Waals surface area (Å²) in [7, 11) is 0. The van der Waals surface area contributed by atoms with Gasteiger partial charge in [0, 0.05) is 50.5 Å². The first kappa shape index (κ1) is 28.9. The Morgan fingerprint density at radius 3 is 1.71 bits per heavy atom. The lowest BCUT2D eigenvalue weighted by Gasteiger charge is -2.45. The molecule has 4 heteroatoms. The maximum absolute atomic E-state index is 7.01. The third-order valence-corrected chi connectivity index (χ3v) is 10.8. The molecule has 1 spiro atoms. The van der Waals surface area contributed by atoms with Crippen LogP contribution in [0.15, 0.2) is 182 Å². The summed E-state index contributed by atoms with van der Waals surface area (Å²) >= 11 is 0. The first-order valence-corrected chi connectivity index (χ1v) is 17.6. The Bertz CT molecular complexity index is 2810. The largest absolute Gasteiger partial charge is 0.457 e. The van der Waals surface area contributed by atoms with Gasteiger partial charge in [0.25, 0.3) is 0 Å². The van der Waals surface area contributed by atoms with Crippen molar-refractivity contribution in [1.29, 1.82) is 0 Å². The van der Waals surface area contributed by atoms with Gasteiger partial charge in [-0.25, -0.2) is 0 Å². The third-order valence-electron chi connectivity index (χ3n) is 10.8. The van der Waals surface area contributed by atoms with Crippen LogP contribution in [0.3, 0.4) is 0 Å². The lowest BCUT2D eigenvalue weighted by atomic mass is 9.62. The summed E-state index contributed by atoms with van der Waals surface area (Å²) in [5.74, 6) is 3.31. The van der Waals surface area contributed by atoms with E-state index in [0.717, 1.165) is 78.8 Å². The maximum Gasteiger partial charge on any atom is 0.132 e. The molecular formula is C48H30N2O2. The van der Waals surface area contributed by atoms with E-state index < -0.39 is 5.41 Å². The molecule has 7 aromatic carbocycles. The number of ether oxygens (including phenoxy) is 2. The number of nitrogens with zero attached hydrogens (tertiary/aromatic N) is 2. The molecule has 0 fully saturated rings. The summed E-state index contributed by atoms with van der Waals surface area (Å²) in [6, 6.07) is 62.1. The molecule has 0 radical (unpaired) electrons. The van der Waals surface area contributed by atoms with Gasteiger partial charge >= 0.3 is 0 Å². The van der Waals surface area contributed by atoms with Crippen LogP contribution in [0.2, 0.25) is 0 Å². The van der Waals surface area contributed by atoms with Crippen LogP contribution in [0.4, 0.5) is 0 Å². The monoisotopic (exact) mass is 666 g/mol. The highest BCUT2D eigenvalue weighted by Gasteiger charge is 2.50. The van der Waals surface area contributed by atoms with Gasteiger partial charge in [-0.05, 0) is 71.8 Å². The first-order valence-electron chi connectivity index (χ1n) is 17.6. The molecule has 0 atom stereocenters. The Kier molecular flexibility index (Phi) is 6.13. The Labute approximate surface area is 300 Å². The van der Waals surface area contributed by atoms with Crippen molar-refractivity contribution in [3.63, 3.8) is 0 Å². The number of aromatic nitrogens is 2. The van der Waals surface area contributed by atoms with Crippen LogP contribution in [0.1, 0.15) is 22.3 Å². The molecule has 11 rings (SSSR count). The summed E-state index contributed by atoms with van der Waals surface area (Å²) in [6.07, 6.45) is 1.83. The average Bonchev–Trinajstić information content (AvgIpc) is 3.54. The second kappa shape index (κ2) is 11.0. The number of fused-ring (bicyclic) bond motifs is 11. The van der Waals surface area contributed by atoms with E-state index in [4.69, 9.17) is 9.47 Å². The molecular weight excluding hydrogens is 637 g/mol. The molecule has 2 aliphatic rings.